The van der Waals surface area contributed by atoms with Crippen molar-refractivity contribution in [1.82, 2.24) is 14.5 Å². The molecule has 0 bridgehead atoms. The number of fused-ring (bicyclic) bond motifs is 13. The van der Waals surface area contributed by atoms with Crippen LogP contribution < -0.4 is 0 Å². The van der Waals surface area contributed by atoms with E-state index in [0.29, 0.717) is 11.5 Å². The van der Waals surface area contributed by atoms with Gasteiger partial charge in [-0.15, -0.1) is 11.3 Å². The number of benzene rings is 6. The van der Waals surface area contributed by atoms with Crippen LogP contribution in [0.2, 0.25) is 0 Å². The molecule has 0 saturated carbocycles. The second kappa shape index (κ2) is 8.81. The summed E-state index contributed by atoms with van der Waals surface area (Å²) in [4.78, 5) is 10.7. The molecule has 5 heterocycles. The minimum atomic E-state index is 0.611. The fourth-order valence-electron chi connectivity index (χ4n) is 7.22. The van der Waals surface area contributed by atoms with Crippen molar-refractivity contribution in [1.29, 1.82) is 0 Å². The van der Waals surface area contributed by atoms with Crippen LogP contribution in [0, 0.1) is 0 Å². The number of nitrogens with zero attached hydrogens (tertiary/aromatic N) is 3. The molecular formula is C40H21N3O2S. The molecule has 5 nitrogen and oxygen atoms in total. The number of hydrogen-bond acceptors (Lipinski definition) is 5. The summed E-state index contributed by atoms with van der Waals surface area (Å²) in [5, 5.41) is 7.89. The van der Waals surface area contributed by atoms with Gasteiger partial charge in [-0.3, -0.25) is 4.57 Å². The Balaban J connectivity index is 1.31. The molecule has 0 spiro atoms. The molecule has 0 fully saturated rings. The zero-order valence-electron chi connectivity index (χ0n) is 24.2. The quantitative estimate of drug-likeness (QED) is 0.196. The van der Waals surface area contributed by atoms with Crippen molar-refractivity contribution in [3.05, 3.63) is 127 Å². The summed E-state index contributed by atoms with van der Waals surface area (Å²) in [7, 11) is 0. The fourth-order valence-corrected chi connectivity index (χ4v) is 8.33. The first-order valence-electron chi connectivity index (χ1n) is 15.2. The number of aromatic nitrogens is 3. The Morgan fingerprint density at radius 1 is 0.522 bits per heavy atom. The molecule has 0 amide bonds. The molecule has 11 rings (SSSR count). The summed E-state index contributed by atoms with van der Waals surface area (Å²) in [6.45, 7) is 0. The molecule has 0 radical (unpaired) electrons. The highest BCUT2D eigenvalue weighted by Crippen LogP contribution is 2.44. The van der Waals surface area contributed by atoms with Crippen molar-refractivity contribution in [2.24, 2.45) is 0 Å². The maximum absolute atomic E-state index is 6.53. The molecular weight excluding hydrogens is 587 g/mol. The van der Waals surface area contributed by atoms with Crippen LogP contribution in [0.15, 0.2) is 136 Å². The van der Waals surface area contributed by atoms with Gasteiger partial charge in [0, 0.05) is 52.7 Å². The van der Waals surface area contributed by atoms with E-state index >= 15 is 0 Å². The molecule has 5 aromatic heterocycles. The normalized spacial score (nSPS) is 12.3. The van der Waals surface area contributed by atoms with Crippen molar-refractivity contribution in [2.75, 3.05) is 0 Å². The van der Waals surface area contributed by atoms with Crippen LogP contribution >= 0.6 is 11.3 Å². The van der Waals surface area contributed by atoms with Gasteiger partial charge in [-0.05, 0) is 54.6 Å². The van der Waals surface area contributed by atoms with Crippen LogP contribution in [0.5, 0.6) is 0 Å². The van der Waals surface area contributed by atoms with Gasteiger partial charge in [-0.25, -0.2) is 9.97 Å². The highest BCUT2D eigenvalue weighted by Gasteiger charge is 2.23. The van der Waals surface area contributed by atoms with E-state index in [4.69, 9.17) is 18.8 Å². The molecule has 0 unspecified atom stereocenters. The first kappa shape index (κ1) is 24.4. The van der Waals surface area contributed by atoms with Gasteiger partial charge in [0.2, 0.25) is 5.95 Å². The van der Waals surface area contributed by atoms with Crippen LogP contribution in [0.4, 0.5) is 0 Å². The van der Waals surface area contributed by atoms with Crippen LogP contribution in [0.3, 0.4) is 0 Å². The first-order valence-corrected chi connectivity index (χ1v) is 16.1. The molecule has 0 N–H and O–H groups in total. The Bertz CT molecular complexity index is 3050. The average molecular weight is 608 g/mol. The van der Waals surface area contributed by atoms with Crippen LogP contribution in [-0.4, -0.2) is 14.5 Å². The van der Waals surface area contributed by atoms with Gasteiger partial charge < -0.3 is 8.83 Å². The summed E-state index contributed by atoms with van der Waals surface area (Å²) >= 11 is 1.82. The largest absolute Gasteiger partial charge is 0.456 e. The predicted molar refractivity (Wildman–Crippen MR) is 189 cm³/mol. The number of furan rings is 2. The minimum absolute atomic E-state index is 0.611. The fraction of sp³-hybridized carbons (Fsp3) is 0. The van der Waals surface area contributed by atoms with E-state index in [1.165, 1.54) is 30.9 Å². The van der Waals surface area contributed by atoms with Crippen molar-refractivity contribution >= 4 is 97.3 Å². The van der Waals surface area contributed by atoms with Gasteiger partial charge in [0.05, 0.1) is 11.0 Å². The Kier molecular flexibility index (Phi) is 4.66. The van der Waals surface area contributed by atoms with Gasteiger partial charge in [0.15, 0.2) is 5.58 Å². The second-order valence-electron chi connectivity index (χ2n) is 11.7. The highest BCUT2D eigenvalue weighted by molar-refractivity contribution is 7.26. The average Bonchev–Trinajstić information content (AvgIpc) is 3.86. The summed E-state index contributed by atoms with van der Waals surface area (Å²) in [6.07, 6.45) is 0. The standard InChI is InChI=1S/C40H21N3O2S/c1-5-13-29-23(9-1)25-18-20-34-35(27-12-4-8-16-33(27)46-34)38(25)43(29)40-41-36(39-37(42-40)26-11-3-7-15-31(26)45-39)22-17-19-32-28(21-22)24-10-2-6-14-30(24)44-32/h1-21H. The van der Waals surface area contributed by atoms with Crippen molar-refractivity contribution in [3.63, 3.8) is 0 Å². The first-order chi connectivity index (χ1) is 22.8. The lowest BCUT2D eigenvalue weighted by molar-refractivity contribution is 0.666. The SMILES string of the molecule is c1ccc2c(c1)oc1ccc(-c3nc(-n4c5ccccc5c5ccc6sc7ccccc7c6c54)nc4c3oc3ccccc34)cc12. The molecule has 0 saturated heterocycles. The predicted octanol–water partition coefficient (Wildman–Crippen LogP) is 11.4. The Labute approximate surface area is 264 Å². The maximum Gasteiger partial charge on any atom is 0.236 e. The van der Waals surface area contributed by atoms with Gasteiger partial charge >= 0.3 is 0 Å². The number of rotatable bonds is 2. The minimum Gasteiger partial charge on any atom is -0.456 e. The van der Waals surface area contributed by atoms with E-state index in [0.717, 1.165) is 60.7 Å². The summed E-state index contributed by atoms with van der Waals surface area (Å²) < 4.78 is 17.5. The monoisotopic (exact) mass is 607 g/mol. The van der Waals surface area contributed by atoms with Crippen LogP contribution in [-0.2, 0) is 0 Å². The van der Waals surface area contributed by atoms with Gasteiger partial charge in [0.1, 0.15) is 28.0 Å². The molecule has 0 atom stereocenters. The zero-order chi connectivity index (χ0) is 29.9. The zero-order valence-corrected chi connectivity index (χ0v) is 25.0. The van der Waals surface area contributed by atoms with Crippen molar-refractivity contribution < 1.29 is 8.83 Å². The molecule has 0 aliphatic carbocycles. The Hall–Kier alpha value is -5.98. The molecule has 6 heteroatoms. The van der Waals surface area contributed by atoms with E-state index in [2.05, 4.69) is 89.5 Å². The van der Waals surface area contributed by atoms with Gasteiger partial charge in [-0.1, -0.05) is 72.8 Å². The third-order valence-electron chi connectivity index (χ3n) is 9.23. The number of para-hydroxylation sites is 3. The van der Waals surface area contributed by atoms with Gasteiger partial charge in [0.25, 0.3) is 0 Å². The van der Waals surface area contributed by atoms with Crippen molar-refractivity contribution in [2.45, 2.75) is 0 Å². The van der Waals surface area contributed by atoms with Crippen LogP contribution in [0.25, 0.3) is 103 Å². The topological polar surface area (TPSA) is 57.0 Å². The Morgan fingerprint density at radius 2 is 1.24 bits per heavy atom. The molecule has 0 aliphatic heterocycles. The Morgan fingerprint density at radius 3 is 2.13 bits per heavy atom. The van der Waals surface area contributed by atoms with E-state index < -0.39 is 0 Å². The summed E-state index contributed by atoms with van der Waals surface area (Å²) in [5.41, 5.74) is 7.83. The third-order valence-corrected chi connectivity index (χ3v) is 10.4. The molecule has 11 aromatic rings. The van der Waals surface area contributed by atoms with Gasteiger partial charge in [-0.2, -0.15) is 0 Å². The van der Waals surface area contributed by atoms with E-state index in [9.17, 15) is 0 Å². The number of thiophene rings is 1. The van der Waals surface area contributed by atoms with Crippen LogP contribution in [0.1, 0.15) is 0 Å². The second-order valence-corrected chi connectivity index (χ2v) is 12.8. The summed E-state index contributed by atoms with van der Waals surface area (Å²) in [6, 6.07) is 44.2. The molecule has 46 heavy (non-hydrogen) atoms. The highest BCUT2D eigenvalue weighted by atomic mass is 32.1. The van der Waals surface area contributed by atoms with E-state index in [1.807, 2.05) is 53.8 Å². The lowest BCUT2D eigenvalue weighted by Gasteiger charge is -2.10. The molecule has 214 valence electrons. The van der Waals surface area contributed by atoms with Crippen molar-refractivity contribution in [3.8, 4) is 17.2 Å². The smallest absolute Gasteiger partial charge is 0.236 e. The van der Waals surface area contributed by atoms with E-state index in [-0.39, 0.29) is 0 Å². The summed E-state index contributed by atoms with van der Waals surface area (Å²) in [5.74, 6) is 0.611. The molecule has 6 aromatic carbocycles. The lowest BCUT2D eigenvalue weighted by atomic mass is 10.1. The van der Waals surface area contributed by atoms with E-state index in [1.54, 1.807) is 0 Å². The number of hydrogen-bond donors (Lipinski definition) is 0. The third kappa shape index (κ3) is 3.18. The molecule has 0 aliphatic rings. The lowest BCUT2D eigenvalue weighted by Crippen LogP contribution is -2.03. The maximum atomic E-state index is 6.53.